The van der Waals surface area contributed by atoms with E-state index < -0.39 is 9.73 Å². The van der Waals surface area contributed by atoms with Crippen LogP contribution in [-0.2, 0) is 28.2 Å². The number of pyridine rings is 1. The van der Waals surface area contributed by atoms with Crippen LogP contribution in [0.5, 0.6) is 0 Å². The number of nitrogens with one attached hydrogen (secondary N) is 1. The van der Waals surface area contributed by atoms with E-state index in [0.717, 1.165) is 18.7 Å². The van der Waals surface area contributed by atoms with Gasteiger partial charge in [0.25, 0.3) is 5.56 Å². The van der Waals surface area contributed by atoms with Gasteiger partial charge in [0.05, 0.1) is 6.54 Å². The number of hydrogen-bond acceptors (Lipinski definition) is 8. The molecule has 39 heavy (non-hydrogen) atoms. The molecular formula is C28H34N8O2S. The third-order valence-corrected chi connectivity index (χ3v) is 7.89. The van der Waals surface area contributed by atoms with Crippen LogP contribution in [0.2, 0.25) is 0 Å². The van der Waals surface area contributed by atoms with E-state index in [1.165, 1.54) is 27.6 Å². The third kappa shape index (κ3) is 4.99. The van der Waals surface area contributed by atoms with E-state index >= 15 is 0 Å². The van der Waals surface area contributed by atoms with E-state index in [9.17, 15) is 9.00 Å². The van der Waals surface area contributed by atoms with Gasteiger partial charge in [0.2, 0.25) is 5.95 Å². The number of aromatic nitrogens is 5. The van der Waals surface area contributed by atoms with Crippen molar-refractivity contribution in [3.05, 3.63) is 76.2 Å². The highest BCUT2D eigenvalue weighted by Gasteiger charge is 2.33. The predicted octanol–water partition coefficient (Wildman–Crippen LogP) is 4.30. The average Bonchev–Trinajstić information content (AvgIpc) is 3.12. The molecule has 0 atom stereocenters. The fraction of sp³-hybridized carbons (Fsp3) is 0.357. The summed E-state index contributed by atoms with van der Waals surface area (Å²) in [4.78, 5) is 29.5. The molecule has 3 aromatic heterocycles. The van der Waals surface area contributed by atoms with Gasteiger partial charge in [0, 0.05) is 46.2 Å². The Bertz CT molecular complexity index is 1790. The molecule has 0 unspecified atom stereocenters. The summed E-state index contributed by atoms with van der Waals surface area (Å²) in [5.41, 5.74) is 4.80. The monoisotopic (exact) mass is 546 g/mol. The summed E-state index contributed by atoms with van der Waals surface area (Å²) in [6.45, 7) is 11.7. The highest BCUT2D eigenvalue weighted by atomic mass is 32.2. The summed E-state index contributed by atoms with van der Waals surface area (Å²) in [5, 5.41) is 3.71. The van der Waals surface area contributed by atoms with Crippen LogP contribution in [-0.4, -0.2) is 59.5 Å². The van der Waals surface area contributed by atoms with Crippen LogP contribution >= 0.6 is 0 Å². The van der Waals surface area contributed by atoms with Crippen molar-refractivity contribution >= 4 is 38.2 Å². The highest BCUT2D eigenvalue weighted by molar-refractivity contribution is 7.92. The van der Waals surface area contributed by atoms with Gasteiger partial charge in [-0.15, -0.1) is 6.58 Å². The van der Waals surface area contributed by atoms with E-state index in [-0.39, 0.29) is 17.6 Å². The summed E-state index contributed by atoms with van der Waals surface area (Å²) in [6, 6.07) is 9.47. The molecule has 0 spiro atoms. The maximum absolute atomic E-state index is 13.3. The van der Waals surface area contributed by atoms with Gasteiger partial charge >= 0.3 is 0 Å². The molecule has 204 valence electrons. The zero-order valence-electron chi connectivity index (χ0n) is 23.2. The molecule has 0 aliphatic carbocycles. The lowest BCUT2D eigenvalue weighted by Crippen LogP contribution is -2.44. The van der Waals surface area contributed by atoms with E-state index in [2.05, 4.69) is 71.1 Å². The van der Waals surface area contributed by atoms with Gasteiger partial charge in [-0.1, -0.05) is 12.1 Å². The minimum atomic E-state index is -2.42. The highest BCUT2D eigenvalue weighted by Crippen LogP contribution is 2.37. The number of aryl methyl sites for hydroxylation is 1. The number of allylic oxidation sites excluding steroid dienone is 1. The van der Waals surface area contributed by atoms with Gasteiger partial charge in [0.15, 0.2) is 17.3 Å². The van der Waals surface area contributed by atoms with Crippen LogP contribution in [0.1, 0.15) is 30.5 Å². The Morgan fingerprint density at radius 3 is 2.72 bits per heavy atom. The predicted molar refractivity (Wildman–Crippen MR) is 157 cm³/mol. The Balaban J connectivity index is 1.64. The number of likely N-dealkylation sites (N-methyl/N-ethyl adjacent to an activating group) is 1. The molecule has 1 aromatic carbocycles. The Kier molecular flexibility index (Phi) is 6.68. The average molecular weight is 547 g/mol. The second-order valence-electron chi connectivity index (χ2n) is 10.7. The zero-order valence-corrected chi connectivity index (χ0v) is 24.0. The van der Waals surface area contributed by atoms with Crippen LogP contribution in [0.3, 0.4) is 0 Å². The van der Waals surface area contributed by atoms with Crippen LogP contribution in [0.25, 0.3) is 16.9 Å². The smallest absolute Gasteiger partial charge is 0.278 e. The standard InChI is InChI=1S/C28H34N8O2S/c1-8-13-35-26(37)21-17-29-27(30-19-15-18(2)20-12-14-34(5)28(3,4)22(20)16-19)32-25(21)36(35)24-11-9-10-23(31-24)33-39(6,7)38/h8-11,15-17H,1,12-14H2,2-7H3,(H,29,30,32). The lowest BCUT2D eigenvalue weighted by atomic mass is 9.81. The molecule has 0 bridgehead atoms. The third-order valence-electron chi connectivity index (χ3n) is 7.27. The number of fused-ring (bicyclic) bond motifs is 2. The van der Waals surface area contributed by atoms with Crippen molar-refractivity contribution in [1.29, 1.82) is 0 Å². The lowest BCUT2D eigenvalue weighted by Gasteiger charge is -2.42. The molecule has 0 radical (unpaired) electrons. The maximum atomic E-state index is 13.3. The minimum absolute atomic E-state index is 0.106. The van der Waals surface area contributed by atoms with Crippen molar-refractivity contribution in [1.82, 2.24) is 29.2 Å². The minimum Gasteiger partial charge on any atom is -0.324 e. The van der Waals surface area contributed by atoms with Crippen molar-refractivity contribution in [2.75, 3.05) is 31.4 Å². The fourth-order valence-electron chi connectivity index (χ4n) is 5.08. The number of nitrogens with zero attached hydrogens (tertiary/aromatic N) is 7. The molecule has 5 rings (SSSR count). The van der Waals surface area contributed by atoms with Gasteiger partial charge < -0.3 is 5.32 Å². The lowest BCUT2D eigenvalue weighted by molar-refractivity contribution is 0.143. The number of hydrogen-bond donors (Lipinski definition) is 1. The number of rotatable bonds is 6. The van der Waals surface area contributed by atoms with Crippen molar-refractivity contribution in [3.8, 4) is 5.82 Å². The van der Waals surface area contributed by atoms with Crippen molar-refractivity contribution in [2.24, 2.45) is 4.36 Å². The van der Waals surface area contributed by atoms with Crippen LogP contribution in [0.15, 0.2) is 58.3 Å². The summed E-state index contributed by atoms with van der Waals surface area (Å²) < 4.78 is 19.6. The summed E-state index contributed by atoms with van der Waals surface area (Å²) >= 11 is 0. The Labute approximate surface area is 228 Å². The molecule has 4 aromatic rings. The van der Waals surface area contributed by atoms with Gasteiger partial charge in [-0.2, -0.15) is 9.35 Å². The van der Waals surface area contributed by atoms with Gasteiger partial charge in [-0.25, -0.2) is 23.5 Å². The molecule has 0 fully saturated rings. The van der Waals surface area contributed by atoms with Crippen LogP contribution < -0.4 is 10.9 Å². The molecule has 11 heteroatoms. The molecule has 0 amide bonds. The second-order valence-corrected chi connectivity index (χ2v) is 13.3. The Morgan fingerprint density at radius 2 is 2.00 bits per heavy atom. The van der Waals surface area contributed by atoms with Crippen LogP contribution in [0, 0.1) is 6.92 Å². The summed E-state index contributed by atoms with van der Waals surface area (Å²) in [6.07, 6.45) is 7.28. The number of benzene rings is 1. The van der Waals surface area contributed by atoms with Gasteiger partial charge in [-0.05, 0) is 75.2 Å². The fourth-order valence-corrected chi connectivity index (χ4v) is 5.63. The largest absolute Gasteiger partial charge is 0.324 e. The number of anilines is 2. The van der Waals surface area contributed by atoms with Gasteiger partial charge in [0.1, 0.15) is 5.39 Å². The Morgan fingerprint density at radius 1 is 1.23 bits per heavy atom. The van der Waals surface area contributed by atoms with E-state index in [4.69, 9.17) is 4.98 Å². The van der Waals surface area contributed by atoms with E-state index in [1.54, 1.807) is 41.5 Å². The first-order chi connectivity index (χ1) is 18.4. The van der Waals surface area contributed by atoms with E-state index in [0.29, 0.717) is 28.6 Å². The molecule has 0 saturated heterocycles. The second kappa shape index (κ2) is 9.73. The first-order valence-electron chi connectivity index (χ1n) is 12.8. The Hall–Kier alpha value is -3.83. The molecule has 4 heterocycles. The van der Waals surface area contributed by atoms with Crippen molar-refractivity contribution in [2.45, 2.75) is 39.3 Å². The molecule has 0 saturated carbocycles. The van der Waals surface area contributed by atoms with E-state index in [1.807, 2.05) is 0 Å². The van der Waals surface area contributed by atoms with Crippen LogP contribution in [0.4, 0.5) is 17.5 Å². The SMILES string of the molecule is C=CCn1c(=O)c2cnc(Nc3cc(C)c4c(c3)C(C)(C)N(C)CC4)nc2n1-c1cccc(N=S(C)(C)=O)n1. The van der Waals surface area contributed by atoms with Gasteiger partial charge in [-0.3, -0.25) is 9.69 Å². The summed E-state index contributed by atoms with van der Waals surface area (Å²) in [7, 11) is -0.266. The topological polar surface area (TPSA) is 110 Å². The molecular weight excluding hydrogens is 512 g/mol. The first-order valence-corrected chi connectivity index (χ1v) is 15.1. The molecule has 10 nitrogen and oxygen atoms in total. The van der Waals surface area contributed by atoms with Crippen molar-refractivity contribution in [3.63, 3.8) is 0 Å². The normalized spacial score (nSPS) is 15.2. The molecule has 1 aliphatic rings. The quantitative estimate of drug-likeness (QED) is 0.359. The first kappa shape index (κ1) is 26.8. The zero-order chi connectivity index (χ0) is 28.1. The summed E-state index contributed by atoms with van der Waals surface area (Å²) in [5.74, 6) is 1.10. The van der Waals surface area contributed by atoms with Crippen molar-refractivity contribution < 1.29 is 4.21 Å². The molecule has 1 aliphatic heterocycles. The molecule has 1 N–H and O–H groups in total. The maximum Gasteiger partial charge on any atom is 0.278 e.